The van der Waals surface area contributed by atoms with Gasteiger partial charge >= 0.3 is 0 Å². The summed E-state index contributed by atoms with van der Waals surface area (Å²) in [6.07, 6.45) is 0. The van der Waals surface area contributed by atoms with Crippen molar-refractivity contribution in [2.45, 2.75) is 27.7 Å². The zero-order chi connectivity index (χ0) is 15.5. The minimum Gasteiger partial charge on any atom is -0.345 e. The van der Waals surface area contributed by atoms with Crippen molar-refractivity contribution in [3.63, 3.8) is 0 Å². The number of hydrogen-bond donors (Lipinski definition) is 1. The summed E-state index contributed by atoms with van der Waals surface area (Å²) in [6.45, 7) is 6.89. The maximum Gasteiger partial charge on any atom is 0.269 e. The van der Waals surface area contributed by atoms with Crippen LogP contribution in [0.15, 0.2) is 18.2 Å². The number of non-ortho nitro benzene ring substituents is 1. The van der Waals surface area contributed by atoms with E-state index in [0.29, 0.717) is 11.1 Å². The number of nitro benzene ring substituents is 1. The number of carbonyl (C=O) groups excluding carboxylic acids is 2. The molecule has 6 nitrogen and oxygen atoms in total. The molecule has 0 unspecified atom stereocenters. The van der Waals surface area contributed by atoms with E-state index in [1.165, 1.54) is 18.2 Å². The van der Waals surface area contributed by atoms with Gasteiger partial charge in [-0.05, 0) is 18.6 Å². The Hall–Kier alpha value is -2.24. The fourth-order valence-corrected chi connectivity index (χ4v) is 1.54. The monoisotopic (exact) mass is 278 g/mol. The molecule has 0 atom stereocenters. The molecule has 20 heavy (non-hydrogen) atoms. The molecule has 1 aromatic rings. The molecule has 0 aliphatic carbocycles. The van der Waals surface area contributed by atoms with Crippen molar-refractivity contribution in [3.8, 4) is 0 Å². The molecule has 0 aliphatic rings. The summed E-state index contributed by atoms with van der Waals surface area (Å²) in [5, 5.41) is 13.2. The normalized spacial score (nSPS) is 11.0. The van der Waals surface area contributed by atoms with E-state index in [1.54, 1.807) is 27.7 Å². The first kappa shape index (κ1) is 15.8. The van der Waals surface area contributed by atoms with Crippen LogP contribution in [0, 0.1) is 22.5 Å². The van der Waals surface area contributed by atoms with E-state index in [1.807, 2.05) is 0 Å². The van der Waals surface area contributed by atoms with Crippen molar-refractivity contribution < 1.29 is 14.5 Å². The van der Waals surface area contributed by atoms with Crippen molar-refractivity contribution in [1.82, 2.24) is 5.32 Å². The first-order valence-corrected chi connectivity index (χ1v) is 6.19. The molecular weight excluding hydrogens is 260 g/mol. The molecule has 0 bridgehead atoms. The average Bonchev–Trinajstić information content (AvgIpc) is 2.33. The number of benzene rings is 1. The third-order valence-corrected chi connectivity index (χ3v) is 2.91. The summed E-state index contributed by atoms with van der Waals surface area (Å²) in [5.74, 6) is -0.486. The molecule has 108 valence electrons. The number of Topliss-reactive ketones (excluding diaryl/α,β-unsaturated/α-hetero) is 1. The fraction of sp³-hybridized carbons (Fsp3) is 0.429. The van der Waals surface area contributed by atoms with E-state index in [2.05, 4.69) is 5.32 Å². The Kier molecular flexibility index (Phi) is 4.60. The molecule has 0 heterocycles. The number of ketones is 1. The second-order valence-corrected chi connectivity index (χ2v) is 5.61. The van der Waals surface area contributed by atoms with Gasteiger partial charge in [0.1, 0.15) is 0 Å². The van der Waals surface area contributed by atoms with Crippen molar-refractivity contribution in [1.29, 1.82) is 0 Å². The van der Waals surface area contributed by atoms with Gasteiger partial charge in [-0.1, -0.05) is 20.8 Å². The zero-order valence-corrected chi connectivity index (χ0v) is 12.0. The van der Waals surface area contributed by atoms with Crippen LogP contribution in [-0.4, -0.2) is 23.2 Å². The van der Waals surface area contributed by atoms with E-state index in [9.17, 15) is 19.7 Å². The molecule has 1 N–H and O–H groups in total. The lowest BCUT2D eigenvalue weighted by Crippen LogP contribution is -2.35. The highest BCUT2D eigenvalue weighted by Gasteiger charge is 2.22. The van der Waals surface area contributed by atoms with Crippen molar-refractivity contribution in [2.24, 2.45) is 5.41 Å². The molecule has 1 rings (SSSR count). The fourth-order valence-electron chi connectivity index (χ4n) is 1.54. The number of hydrogen-bond acceptors (Lipinski definition) is 4. The Morgan fingerprint density at radius 3 is 2.35 bits per heavy atom. The lowest BCUT2D eigenvalue weighted by Gasteiger charge is -2.17. The average molecular weight is 278 g/mol. The molecule has 6 heteroatoms. The molecule has 0 aliphatic heterocycles. The summed E-state index contributed by atoms with van der Waals surface area (Å²) in [7, 11) is 0. The van der Waals surface area contributed by atoms with Gasteiger partial charge in [0.2, 0.25) is 0 Å². The Bertz CT molecular complexity index is 559. The second kappa shape index (κ2) is 5.81. The quantitative estimate of drug-likeness (QED) is 0.675. The first-order chi connectivity index (χ1) is 9.12. The lowest BCUT2D eigenvalue weighted by molar-refractivity contribution is -0.384. The largest absolute Gasteiger partial charge is 0.345 e. The van der Waals surface area contributed by atoms with Crippen LogP contribution in [0.2, 0.25) is 0 Å². The number of amides is 1. The molecule has 0 fully saturated rings. The zero-order valence-electron chi connectivity index (χ0n) is 12.0. The maximum absolute atomic E-state index is 11.9. The van der Waals surface area contributed by atoms with Crippen molar-refractivity contribution >= 4 is 17.4 Å². The predicted molar refractivity (Wildman–Crippen MR) is 74.6 cm³/mol. The SMILES string of the molecule is Cc1cc([N+](=O)[O-])ccc1C(=O)NCC(=O)C(C)(C)C. The Morgan fingerprint density at radius 2 is 1.90 bits per heavy atom. The molecular formula is C14H18N2O4. The molecule has 0 saturated carbocycles. The van der Waals surface area contributed by atoms with Gasteiger partial charge in [0.25, 0.3) is 11.6 Å². The molecule has 0 radical (unpaired) electrons. The van der Waals surface area contributed by atoms with E-state index in [4.69, 9.17) is 0 Å². The summed E-state index contributed by atoms with van der Waals surface area (Å²) in [4.78, 5) is 33.8. The number of nitrogens with one attached hydrogen (secondary N) is 1. The van der Waals surface area contributed by atoms with Gasteiger partial charge in [-0.3, -0.25) is 19.7 Å². The molecule has 1 amide bonds. The van der Waals surface area contributed by atoms with E-state index in [-0.39, 0.29) is 18.0 Å². The van der Waals surface area contributed by atoms with E-state index < -0.39 is 16.2 Å². The number of aryl methyl sites for hydroxylation is 1. The van der Waals surface area contributed by atoms with Gasteiger partial charge in [-0.15, -0.1) is 0 Å². The molecule has 0 spiro atoms. The summed E-state index contributed by atoms with van der Waals surface area (Å²) in [6, 6.07) is 4.00. The minimum absolute atomic E-state index is 0.0568. The summed E-state index contributed by atoms with van der Waals surface area (Å²) in [5.41, 5.74) is 0.250. The number of nitro groups is 1. The first-order valence-electron chi connectivity index (χ1n) is 6.19. The Morgan fingerprint density at radius 1 is 1.30 bits per heavy atom. The molecule has 0 aromatic heterocycles. The minimum atomic E-state index is -0.516. The number of carbonyl (C=O) groups is 2. The molecule has 1 aromatic carbocycles. The third kappa shape index (κ3) is 3.88. The van der Waals surface area contributed by atoms with E-state index in [0.717, 1.165) is 0 Å². The van der Waals surface area contributed by atoms with Crippen LogP contribution in [0.5, 0.6) is 0 Å². The third-order valence-electron chi connectivity index (χ3n) is 2.91. The van der Waals surface area contributed by atoms with Crippen LogP contribution in [0.3, 0.4) is 0 Å². The van der Waals surface area contributed by atoms with E-state index >= 15 is 0 Å². The molecule has 0 saturated heterocycles. The lowest BCUT2D eigenvalue weighted by atomic mass is 9.91. The predicted octanol–water partition coefficient (Wildman–Crippen LogP) is 2.25. The van der Waals surface area contributed by atoms with Crippen LogP contribution in [0.25, 0.3) is 0 Å². The van der Waals surface area contributed by atoms with Gasteiger partial charge < -0.3 is 5.32 Å². The maximum atomic E-state index is 11.9. The second-order valence-electron chi connectivity index (χ2n) is 5.61. The van der Waals surface area contributed by atoms with Gasteiger partial charge in [0.05, 0.1) is 11.5 Å². The number of nitrogens with zero attached hydrogens (tertiary/aromatic N) is 1. The van der Waals surface area contributed by atoms with Crippen molar-refractivity contribution in [3.05, 3.63) is 39.4 Å². The highest BCUT2D eigenvalue weighted by molar-refractivity contribution is 5.98. The van der Waals surface area contributed by atoms with Crippen LogP contribution in [0.1, 0.15) is 36.7 Å². The number of rotatable bonds is 4. The highest BCUT2D eigenvalue weighted by Crippen LogP contribution is 2.17. The van der Waals surface area contributed by atoms with Gasteiger partial charge in [-0.25, -0.2) is 0 Å². The van der Waals surface area contributed by atoms with Gasteiger partial charge in [0, 0.05) is 23.1 Å². The Labute approximate surface area is 117 Å². The van der Waals surface area contributed by atoms with Crippen LogP contribution in [-0.2, 0) is 4.79 Å². The van der Waals surface area contributed by atoms with Crippen LogP contribution in [0.4, 0.5) is 5.69 Å². The van der Waals surface area contributed by atoms with Gasteiger partial charge in [0.15, 0.2) is 5.78 Å². The standard InChI is InChI=1S/C14H18N2O4/c1-9-7-10(16(19)20)5-6-11(9)13(18)15-8-12(17)14(2,3)4/h5-7H,8H2,1-4H3,(H,15,18). The van der Waals surface area contributed by atoms with Crippen LogP contribution < -0.4 is 5.32 Å². The van der Waals surface area contributed by atoms with Crippen LogP contribution >= 0.6 is 0 Å². The van der Waals surface area contributed by atoms with Crippen molar-refractivity contribution in [2.75, 3.05) is 6.54 Å². The highest BCUT2D eigenvalue weighted by atomic mass is 16.6. The topological polar surface area (TPSA) is 89.3 Å². The Balaban J connectivity index is 2.79. The smallest absolute Gasteiger partial charge is 0.269 e. The van der Waals surface area contributed by atoms with Gasteiger partial charge in [-0.2, -0.15) is 0 Å². The summed E-state index contributed by atoms with van der Waals surface area (Å²) < 4.78 is 0. The summed E-state index contributed by atoms with van der Waals surface area (Å²) >= 11 is 0.